The van der Waals surface area contributed by atoms with Gasteiger partial charge >= 0.3 is 12.4 Å². The quantitative estimate of drug-likeness (QED) is 0.220. The number of benzene rings is 1. The lowest BCUT2D eigenvalue weighted by Crippen LogP contribution is -2.69. The summed E-state index contributed by atoms with van der Waals surface area (Å²) in [5, 5.41) is 17.5. The van der Waals surface area contributed by atoms with Crippen molar-refractivity contribution in [2.75, 3.05) is 0 Å². The van der Waals surface area contributed by atoms with E-state index in [2.05, 4.69) is 26.5 Å². The molecule has 43 heavy (non-hydrogen) atoms. The summed E-state index contributed by atoms with van der Waals surface area (Å²) in [6, 6.07) is 4.08. The highest BCUT2D eigenvalue weighted by Gasteiger charge is 2.64. The molecule has 3 fully saturated rings. The predicted octanol–water partition coefficient (Wildman–Crippen LogP) is 4.08. The average Bonchev–Trinajstić information content (AvgIpc) is 3.66. The Morgan fingerprint density at radius 3 is 2.49 bits per heavy atom. The largest absolute Gasteiger partial charge is 0.447 e. The Morgan fingerprint density at radius 2 is 1.84 bits per heavy atom. The molecule has 17 heteroatoms. The fraction of sp³-hybridized carbons (Fsp3) is 0.654. The molecule has 3 aliphatic heterocycles. The Hall–Kier alpha value is -2.83. The Kier molecular flexibility index (Phi) is 9.29. The van der Waals surface area contributed by atoms with Crippen LogP contribution in [0, 0.1) is 16.0 Å². The summed E-state index contributed by atoms with van der Waals surface area (Å²) in [5.74, 6) is -2.10. The zero-order valence-corrected chi connectivity index (χ0v) is 22.7. The number of aromatic nitrogens is 1. The molecule has 11 nitrogen and oxygen atoms in total. The molecule has 238 valence electrons. The highest BCUT2D eigenvalue weighted by Crippen LogP contribution is 2.44. The van der Waals surface area contributed by atoms with Gasteiger partial charge in [0.2, 0.25) is 17.5 Å². The molecule has 0 spiro atoms. The maximum Gasteiger partial charge on any atom is 0.421 e. The maximum absolute atomic E-state index is 15.0. The first-order valence-electron chi connectivity index (χ1n) is 13.9. The van der Waals surface area contributed by atoms with Crippen molar-refractivity contribution >= 4 is 0 Å². The molecule has 1 aromatic carbocycles. The minimum absolute atomic E-state index is 0.0343. The lowest BCUT2D eigenvalue weighted by Gasteiger charge is -2.43. The molecule has 4 N–H and O–H groups in total. The van der Waals surface area contributed by atoms with Crippen LogP contribution in [0.1, 0.15) is 56.0 Å². The van der Waals surface area contributed by atoms with E-state index < -0.39 is 85.0 Å². The van der Waals surface area contributed by atoms with Gasteiger partial charge in [-0.05, 0) is 18.4 Å². The molecule has 4 heterocycles. The first-order valence-corrected chi connectivity index (χ1v) is 13.9. The monoisotopic (exact) mass is 622 g/mol. The van der Waals surface area contributed by atoms with Crippen molar-refractivity contribution in [2.24, 2.45) is 5.92 Å². The second kappa shape index (κ2) is 12.6. The van der Waals surface area contributed by atoms with Crippen LogP contribution in [0.5, 0.6) is 0 Å². The number of ether oxygens (including phenoxy) is 2. The summed E-state index contributed by atoms with van der Waals surface area (Å²) in [5.41, 5.74) is 2.57. The number of nitrogens with one attached hydrogen (secondary N) is 4. The highest BCUT2D eigenvalue weighted by atomic mass is 19.4. The number of oxazole rings is 1. The zero-order chi connectivity index (χ0) is 30.8. The molecule has 4 bridgehead atoms. The van der Waals surface area contributed by atoms with Gasteiger partial charge in [0.1, 0.15) is 18.5 Å². The van der Waals surface area contributed by atoms with Crippen molar-refractivity contribution in [1.29, 1.82) is 0 Å². The number of piperidine rings is 1. The third-order valence-corrected chi connectivity index (χ3v) is 8.25. The first kappa shape index (κ1) is 31.6. The molecular formula is C26H32F6N6O5. The Morgan fingerprint density at radius 1 is 1.07 bits per heavy atom. The van der Waals surface area contributed by atoms with Crippen molar-refractivity contribution in [3.63, 3.8) is 0 Å². The molecule has 1 aromatic heterocycles. The van der Waals surface area contributed by atoms with E-state index in [1.807, 2.05) is 0 Å². The van der Waals surface area contributed by atoms with Crippen molar-refractivity contribution in [1.82, 2.24) is 26.5 Å². The molecule has 5 rings (SSSR count). The van der Waals surface area contributed by atoms with Crippen molar-refractivity contribution < 1.29 is 45.2 Å². The lowest BCUT2D eigenvalue weighted by molar-refractivity contribution is -0.537. The standard InChI is InChI=1S/C26H32F6N6O5/c27-25(28,29)16-13-18(38(39)40)19-22-36-37-23(43-22)24(26(30,31)32,42-14-15-7-3-1-4-8-15)10-6-2-5-9-17(34-20(16)35-19)21-33-11-12-41-21/h1,3-4,7-8,11-12,16-20,22-23,34-37H,2,5-6,9-10,13-14H2/t16?,17?,18?,19?,20?,22?,23?,24-/m1/s1. The van der Waals surface area contributed by atoms with Crippen LogP contribution in [0.15, 0.2) is 47.2 Å². The zero-order valence-electron chi connectivity index (χ0n) is 22.7. The maximum atomic E-state index is 15.0. The number of hydrogen-bond donors (Lipinski definition) is 4. The molecule has 0 radical (unpaired) electrons. The average molecular weight is 623 g/mol. The Balaban J connectivity index is 1.50. The van der Waals surface area contributed by atoms with Crippen LogP contribution in [0.3, 0.4) is 0 Å². The first-order chi connectivity index (χ1) is 20.4. The van der Waals surface area contributed by atoms with Gasteiger partial charge < -0.3 is 13.9 Å². The van der Waals surface area contributed by atoms with Crippen molar-refractivity contribution in [2.45, 2.75) is 99.8 Å². The van der Waals surface area contributed by atoms with E-state index >= 15 is 0 Å². The molecular weight excluding hydrogens is 590 g/mol. The molecule has 0 aliphatic carbocycles. The summed E-state index contributed by atoms with van der Waals surface area (Å²) >= 11 is 0. The highest BCUT2D eigenvalue weighted by molar-refractivity contribution is 5.14. The normalized spacial score (nSPS) is 34.4. The minimum atomic E-state index is -4.96. The molecule has 2 aromatic rings. The van der Waals surface area contributed by atoms with Gasteiger partial charge in [0.15, 0.2) is 6.23 Å². The number of fused-ring (bicyclic) bond motifs is 5. The number of nitro groups is 1. The van der Waals surface area contributed by atoms with Crippen LogP contribution in [-0.4, -0.2) is 58.6 Å². The second-order valence-corrected chi connectivity index (χ2v) is 11.0. The molecule has 3 saturated heterocycles. The fourth-order valence-corrected chi connectivity index (χ4v) is 6.00. The van der Waals surface area contributed by atoms with E-state index in [4.69, 9.17) is 13.9 Å². The van der Waals surface area contributed by atoms with Crippen LogP contribution in [-0.2, 0) is 16.1 Å². The van der Waals surface area contributed by atoms with Crippen LogP contribution in [0.4, 0.5) is 26.3 Å². The fourth-order valence-electron chi connectivity index (χ4n) is 6.00. The topological polar surface area (TPSA) is 136 Å². The number of nitrogens with zero attached hydrogens (tertiary/aromatic N) is 2. The molecule has 0 saturated carbocycles. The molecule has 7 unspecified atom stereocenters. The third-order valence-electron chi connectivity index (χ3n) is 8.25. The van der Waals surface area contributed by atoms with E-state index in [-0.39, 0.29) is 25.2 Å². The molecule has 3 aliphatic rings. The summed E-state index contributed by atoms with van der Waals surface area (Å²) < 4.78 is 104. The van der Waals surface area contributed by atoms with Crippen LogP contribution >= 0.6 is 0 Å². The Labute approximate surface area is 242 Å². The van der Waals surface area contributed by atoms with Gasteiger partial charge in [0, 0.05) is 11.3 Å². The van der Waals surface area contributed by atoms with E-state index in [1.165, 1.54) is 12.5 Å². The summed E-state index contributed by atoms with van der Waals surface area (Å²) in [4.78, 5) is 15.2. The SMILES string of the molecule is O=[N+]([O-])C1CC(C(F)(F)F)C2NC(c3ncco3)CCCCC[C@](OCc3ccccc3)(C(F)(F)F)C3NNC(O3)C1N2. The lowest BCUT2D eigenvalue weighted by atomic mass is 9.85. The van der Waals surface area contributed by atoms with Crippen LogP contribution in [0.25, 0.3) is 0 Å². The van der Waals surface area contributed by atoms with Crippen molar-refractivity contribution in [3.05, 3.63) is 64.4 Å². The predicted molar refractivity (Wildman–Crippen MR) is 136 cm³/mol. The van der Waals surface area contributed by atoms with Gasteiger partial charge in [-0.15, -0.1) is 0 Å². The number of halogens is 6. The number of alkyl halides is 6. The minimum Gasteiger partial charge on any atom is -0.447 e. The molecule has 8 atom stereocenters. The summed E-state index contributed by atoms with van der Waals surface area (Å²) in [7, 11) is 0. The number of hydrogen-bond acceptors (Lipinski definition) is 10. The summed E-state index contributed by atoms with van der Waals surface area (Å²) in [6.07, 6.45) is -12.8. The van der Waals surface area contributed by atoms with Gasteiger partial charge in [0.25, 0.3) is 0 Å². The Bertz CT molecular complexity index is 1210. The number of rotatable bonds is 5. The van der Waals surface area contributed by atoms with E-state index in [1.54, 1.807) is 30.3 Å². The van der Waals surface area contributed by atoms with E-state index in [9.17, 15) is 36.5 Å². The van der Waals surface area contributed by atoms with Crippen LogP contribution < -0.4 is 21.5 Å². The number of hydrazine groups is 1. The molecule has 0 amide bonds. The van der Waals surface area contributed by atoms with Crippen molar-refractivity contribution in [3.8, 4) is 0 Å². The summed E-state index contributed by atoms with van der Waals surface area (Å²) in [6.45, 7) is -0.406. The third kappa shape index (κ3) is 6.81. The van der Waals surface area contributed by atoms with Gasteiger partial charge in [-0.3, -0.25) is 20.7 Å². The van der Waals surface area contributed by atoms with E-state index in [0.29, 0.717) is 12.0 Å². The van der Waals surface area contributed by atoms with Gasteiger partial charge in [-0.2, -0.15) is 26.3 Å². The van der Waals surface area contributed by atoms with Gasteiger partial charge in [0.05, 0.1) is 30.9 Å². The van der Waals surface area contributed by atoms with Gasteiger partial charge in [-0.25, -0.2) is 15.8 Å². The van der Waals surface area contributed by atoms with E-state index in [0.717, 1.165) is 0 Å². The smallest absolute Gasteiger partial charge is 0.421 e. The van der Waals surface area contributed by atoms with Gasteiger partial charge in [-0.1, -0.05) is 49.6 Å². The second-order valence-electron chi connectivity index (χ2n) is 11.0. The van der Waals surface area contributed by atoms with Crippen LogP contribution in [0.2, 0.25) is 0 Å².